The van der Waals surface area contributed by atoms with Crippen LogP contribution < -0.4 is 10.1 Å². The van der Waals surface area contributed by atoms with Crippen molar-refractivity contribution in [1.29, 1.82) is 0 Å². The van der Waals surface area contributed by atoms with Gasteiger partial charge in [0.2, 0.25) is 10.0 Å². The molecule has 10 heteroatoms. The molecule has 1 amide bonds. The Kier molecular flexibility index (Phi) is 6.78. The lowest BCUT2D eigenvalue weighted by atomic mass is 10.1. The summed E-state index contributed by atoms with van der Waals surface area (Å²) in [7, 11) is -3.74. The number of carbonyl (C=O) groups is 1. The number of benzene rings is 2. The Hall–Kier alpha value is -2.56. The zero-order valence-corrected chi connectivity index (χ0v) is 16.2. The lowest BCUT2D eigenvalue weighted by Crippen LogP contribution is -2.40. The number of halogens is 2. The number of nitrogens with zero attached hydrogens (tertiary/aromatic N) is 1. The highest BCUT2D eigenvalue weighted by molar-refractivity contribution is 7.89. The number of hydrogen-bond acceptors (Lipinski definition) is 5. The van der Waals surface area contributed by atoms with E-state index in [0.29, 0.717) is 18.8 Å². The summed E-state index contributed by atoms with van der Waals surface area (Å²) in [5, 5.41) is 2.59. The van der Waals surface area contributed by atoms with E-state index in [1.165, 1.54) is 34.6 Å². The molecule has 0 aliphatic carbocycles. The quantitative estimate of drug-likeness (QED) is 0.734. The maximum Gasteiger partial charge on any atom is 0.387 e. The number of ether oxygens (including phenoxy) is 2. The predicted molar refractivity (Wildman–Crippen MR) is 100 cm³/mol. The van der Waals surface area contributed by atoms with Crippen LogP contribution in [0.2, 0.25) is 0 Å². The Bertz CT molecular complexity index is 963. The fraction of sp³-hybridized carbons (Fsp3) is 0.316. The number of para-hydroxylation sites is 1. The number of alkyl halides is 2. The molecule has 1 aliphatic heterocycles. The third-order valence-electron chi connectivity index (χ3n) is 4.33. The van der Waals surface area contributed by atoms with E-state index in [4.69, 9.17) is 4.74 Å². The molecule has 0 unspecified atom stereocenters. The second-order valence-corrected chi connectivity index (χ2v) is 8.15. The zero-order valence-electron chi connectivity index (χ0n) is 15.4. The molecule has 1 heterocycles. The molecular weight excluding hydrogens is 406 g/mol. The van der Waals surface area contributed by atoms with Gasteiger partial charge in [-0.1, -0.05) is 24.3 Å². The number of hydrogen-bond donors (Lipinski definition) is 1. The molecule has 0 spiro atoms. The van der Waals surface area contributed by atoms with Gasteiger partial charge in [0.1, 0.15) is 5.75 Å². The van der Waals surface area contributed by atoms with E-state index in [-0.39, 0.29) is 35.8 Å². The number of sulfonamides is 1. The van der Waals surface area contributed by atoms with Gasteiger partial charge in [-0.15, -0.1) is 0 Å². The van der Waals surface area contributed by atoms with Gasteiger partial charge in [-0.3, -0.25) is 4.79 Å². The van der Waals surface area contributed by atoms with Crippen LogP contribution in [0.4, 0.5) is 8.78 Å². The van der Waals surface area contributed by atoms with E-state index in [9.17, 15) is 22.0 Å². The molecule has 3 rings (SSSR count). The fourth-order valence-corrected chi connectivity index (χ4v) is 4.33. The lowest BCUT2D eigenvalue weighted by molar-refractivity contribution is -0.0504. The molecular formula is C19H20F2N2O5S. The minimum Gasteiger partial charge on any atom is -0.434 e. The van der Waals surface area contributed by atoms with Gasteiger partial charge in [0.05, 0.1) is 18.1 Å². The number of rotatable bonds is 7. The van der Waals surface area contributed by atoms with Crippen LogP contribution in [0.5, 0.6) is 5.75 Å². The van der Waals surface area contributed by atoms with Gasteiger partial charge in [0, 0.05) is 30.8 Å². The molecule has 2 aromatic rings. The Morgan fingerprint density at radius 2 is 1.86 bits per heavy atom. The van der Waals surface area contributed by atoms with Gasteiger partial charge in [-0.05, 0) is 24.3 Å². The summed E-state index contributed by atoms with van der Waals surface area (Å²) in [5.41, 5.74) is 0.518. The number of carbonyl (C=O) groups excluding carboxylic acids is 1. The van der Waals surface area contributed by atoms with Gasteiger partial charge in [-0.25, -0.2) is 8.42 Å². The predicted octanol–water partition coefficient (Wildman–Crippen LogP) is 2.24. The molecule has 1 N–H and O–H groups in total. The van der Waals surface area contributed by atoms with Crippen molar-refractivity contribution in [3.8, 4) is 5.75 Å². The summed E-state index contributed by atoms with van der Waals surface area (Å²) in [5.74, 6) is -0.567. The standard InChI is InChI=1S/C19H20F2N2O5S/c20-19(21)28-17-7-2-1-4-15(17)13-22-18(24)14-5-3-6-16(12-14)29(25,26)23-8-10-27-11-9-23/h1-7,12,19H,8-11,13H2,(H,22,24). The van der Waals surface area contributed by atoms with Crippen LogP contribution in [0.1, 0.15) is 15.9 Å². The highest BCUT2D eigenvalue weighted by atomic mass is 32.2. The summed E-state index contributed by atoms with van der Waals surface area (Å²) >= 11 is 0. The van der Waals surface area contributed by atoms with E-state index in [1.54, 1.807) is 18.2 Å². The molecule has 1 saturated heterocycles. The topological polar surface area (TPSA) is 84.9 Å². The molecule has 0 atom stereocenters. The van der Waals surface area contributed by atoms with E-state index in [0.717, 1.165) is 0 Å². The smallest absolute Gasteiger partial charge is 0.387 e. The van der Waals surface area contributed by atoms with Crippen LogP contribution in [-0.4, -0.2) is 51.5 Å². The Morgan fingerprint density at radius 1 is 1.14 bits per heavy atom. The Labute approximate surface area is 167 Å². The largest absolute Gasteiger partial charge is 0.434 e. The molecule has 0 saturated carbocycles. The third kappa shape index (κ3) is 5.28. The van der Waals surface area contributed by atoms with E-state index in [2.05, 4.69) is 10.1 Å². The van der Waals surface area contributed by atoms with Crippen molar-refractivity contribution >= 4 is 15.9 Å². The van der Waals surface area contributed by atoms with E-state index < -0.39 is 22.5 Å². The first kappa shape index (κ1) is 21.2. The summed E-state index contributed by atoms with van der Waals surface area (Å²) in [4.78, 5) is 12.5. The molecule has 1 aliphatic rings. The van der Waals surface area contributed by atoms with Crippen molar-refractivity contribution < 1.29 is 31.5 Å². The molecule has 156 valence electrons. The molecule has 0 bridgehead atoms. The van der Waals surface area contributed by atoms with Crippen molar-refractivity contribution in [3.63, 3.8) is 0 Å². The highest BCUT2D eigenvalue weighted by Crippen LogP contribution is 2.21. The first-order valence-corrected chi connectivity index (χ1v) is 10.3. The van der Waals surface area contributed by atoms with Crippen LogP contribution in [0.15, 0.2) is 53.4 Å². The summed E-state index contributed by atoms with van der Waals surface area (Å²) < 4.78 is 61.4. The average Bonchev–Trinajstić information content (AvgIpc) is 2.73. The van der Waals surface area contributed by atoms with Crippen LogP contribution >= 0.6 is 0 Å². The van der Waals surface area contributed by atoms with Gasteiger partial charge in [0.15, 0.2) is 0 Å². The minimum absolute atomic E-state index is 0.00786. The summed E-state index contributed by atoms with van der Waals surface area (Å²) in [6.07, 6.45) is 0. The fourth-order valence-electron chi connectivity index (χ4n) is 2.87. The highest BCUT2D eigenvalue weighted by Gasteiger charge is 2.26. The van der Waals surface area contributed by atoms with Gasteiger partial charge in [-0.2, -0.15) is 13.1 Å². The van der Waals surface area contributed by atoms with E-state index in [1.807, 2.05) is 0 Å². The number of morpholine rings is 1. The first-order valence-electron chi connectivity index (χ1n) is 8.87. The first-order chi connectivity index (χ1) is 13.9. The second kappa shape index (κ2) is 9.29. The Balaban J connectivity index is 1.72. The molecule has 0 radical (unpaired) electrons. The summed E-state index contributed by atoms with van der Waals surface area (Å²) in [6, 6.07) is 11.8. The van der Waals surface area contributed by atoms with Crippen LogP contribution in [-0.2, 0) is 21.3 Å². The van der Waals surface area contributed by atoms with Gasteiger partial charge < -0.3 is 14.8 Å². The van der Waals surface area contributed by atoms with Crippen molar-refractivity contribution in [3.05, 3.63) is 59.7 Å². The number of nitrogens with one attached hydrogen (secondary N) is 1. The van der Waals surface area contributed by atoms with Crippen LogP contribution in [0, 0.1) is 0 Å². The van der Waals surface area contributed by atoms with Crippen LogP contribution in [0.3, 0.4) is 0 Å². The Morgan fingerprint density at radius 3 is 2.59 bits per heavy atom. The minimum atomic E-state index is -3.74. The lowest BCUT2D eigenvalue weighted by Gasteiger charge is -2.26. The van der Waals surface area contributed by atoms with Crippen LogP contribution in [0.25, 0.3) is 0 Å². The van der Waals surface area contributed by atoms with Crippen molar-refractivity contribution in [2.45, 2.75) is 18.1 Å². The van der Waals surface area contributed by atoms with Gasteiger partial charge >= 0.3 is 6.61 Å². The van der Waals surface area contributed by atoms with E-state index >= 15 is 0 Å². The monoisotopic (exact) mass is 426 g/mol. The molecule has 0 aromatic heterocycles. The third-order valence-corrected chi connectivity index (χ3v) is 6.23. The maximum atomic E-state index is 12.7. The molecule has 1 fully saturated rings. The normalized spacial score (nSPS) is 15.3. The molecule has 29 heavy (non-hydrogen) atoms. The zero-order chi connectivity index (χ0) is 20.9. The average molecular weight is 426 g/mol. The van der Waals surface area contributed by atoms with Crippen molar-refractivity contribution in [2.75, 3.05) is 26.3 Å². The second-order valence-electron chi connectivity index (χ2n) is 6.21. The van der Waals surface area contributed by atoms with Gasteiger partial charge in [0.25, 0.3) is 5.91 Å². The van der Waals surface area contributed by atoms with Crippen molar-refractivity contribution in [2.24, 2.45) is 0 Å². The molecule has 7 nitrogen and oxygen atoms in total. The molecule has 2 aromatic carbocycles. The summed E-state index contributed by atoms with van der Waals surface area (Å²) in [6.45, 7) is -1.89. The van der Waals surface area contributed by atoms with Crippen molar-refractivity contribution in [1.82, 2.24) is 9.62 Å². The number of amides is 1. The SMILES string of the molecule is O=C(NCc1ccccc1OC(F)F)c1cccc(S(=O)(=O)N2CCOCC2)c1. The maximum absolute atomic E-state index is 12.7.